The summed E-state index contributed by atoms with van der Waals surface area (Å²) < 4.78 is 16.7. The molecule has 0 radical (unpaired) electrons. The summed E-state index contributed by atoms with van der Waals surface area (Å²) >= 11 is 0. The zero-order valence-corrected chi connectivity index (χ0v) is 14.4. The topological polar surface area (TPSA) is 65.1 Å². The summed E-state index contributed by atoms with van der Waals surface area (Å²) in [5.74, 6) is 0.973. The minimum atomic E-state index is -0.535. The zero-order valence-electron chi connectivity index (χ0n) is 14.4. The smallest absolute Gasteiger partial charge is 0.307 e. The summed E-state index contributed by atoms with van der Waals surface area (Å²) in [7, 11) is 1.62. The number of hydrogen-bond donors (Lipinski definition) is 0. The molecule has 3 aliphatic rings. The summed E-state index contributed by atoms with van der Waals surface area (Å²) in [5.41, 5.74) is -0.535. The van der Waals surface area contributed by atoms with Crippen molar-refractivity contribution < 1.29 is 23.8 Å². The number of carbonyl (C=O) groups excluding carboxylic acids is 2. The summed E-state index contributed by atoms with van der Waals surface area (Å²) in [6, 6.07) is 7.45. The van der Waals surface area contributed by atoms with Gasteiger partial charge in [0.2, 0.25) is 5.91 Å². The average Bonchev–Trinajstić information content (AvgIpc) is 3.17. The molecule has 1 amide bonds. The van der Waals surface area contributed by atoms with Crippen LogP contribution in [-0.2, 0) is 14.3 Å². The number of rotatable bonds is 4. The van der Waals surface area contributed by atoms with E-state index in [-0.39, 0.29) is 30.3 Å². The Hall–Kier alpha value is -2.24. The van der Waals surface area contributed by atoms with Gasteiger partial charge < -0.3 is 19.1 Å². The SMILES string of the molecule is COc1cccc(OC2CN(C(=O)[C@@H]3CC(=O)OC34CCCC4)C2)c1. The van der Waals surface area contributed by atoms with Crippen molar-refractivity contribution in [3.63, 3.8) is 0 Å². The lowest BCUT2D eigenvalue weighted by atomic mass is 9.84. The standard InChI is InChI=1S/C19H23NO5/c1-23-13-5-4-6-14(9-13)24-15-11-20(12-15)18(22)16-10-17(21)25-19(16)7-2-3-8-19/h4-6,9,15-16H,2-3,7-8,10-12H2,1H3/t16-/m0/s1. The van der Waals surface area contributed by atoms with Crippen molar-refractivity contribution in [1.82, 2.24) is 4.90 Å². The van der Waals surface area contributed by atoms with E-state index in [9.17, 15) is 9.59 Å². The number of ether oxygens (including phenoxy) is 3. The summed E-state index contributed by atoms with van der Waals surface area (Å²) in [6.45, 7) is 1.10. The largest absolute Gasteiger partial charge is 0.497 e. The van der Waals surface area contributed by atoms with Crippen LogP contribution < -0.4 is 9.47 Å². The Bertz CT molecular complexity index is 676. The van der Waals surface area contributed by atoms with E-state index in [4.69, 9.17) is 14.2 Å². The highest BCUT2D eigenvalue weighted by Crippen LogP contribution is 2.46. The van der Waals surface area contributed by atoms with Gasteiger partial charge in [-0.1, -0.05) is 6.07 Å². The van der Waals surface area contributed by atoms with Crippen LogP contribution in [0.3, 0.4) is 0 Å². The summed E-state index contributed by atoms with van der Waals surface area (Å²) in [5, 5.41) is 0. The van der Waals surface area contributed by atoms with E-state index in [0.717, 1.165) is 37.2 Å². The Balaban J connectivity index is 1.35. The lowest BCUT2D eigenvalue weighted by molar-refractivity contribution is -0.155. The van der Waals surface area contributed by atoms with Crippen LogP contribution in [0.5, 0.6) is 11.5 Å². The average molecular weight is 345 g/mol. The minimum Gasteiger partial charge on any atom is -0.497 e. The van der Waals surface area contributed by atoms with E-state index in [1.54, 1.807) is 12.0 Å². The first-order valence-electron chi connectivity index (χ1n) is 8.91. The quantitative estimate of drug-likeness (QED) is 0.783. The molecule has 0 unspecified atom stereocenters. The molecule has 0 N–H and O–H groups in total. The van der Waals surface area contributed by atoms with Gasteiger partial charge in [0.05, 0.1) is 32.5 Å². The van der Waals surface area contributed by atoms with Gasteiger partial charge in [-0.25, -0.2) is 0 Å². The molecule has 2 aliphatic heterocycles. The molecule has 1 aromatic rings. The fourth-order valence-electron chi connectivity index (χ4n) is 4.21. The molecule has 25 heavy (non-hydrogen) atoms. The third-order valence-electron chi connectivity index (χ3n) is 5.57. The molecule has 0 bridgehead atoms. The van der Waals surface area contributed by atoms with Crippen molar-refractivity contribution in [3.05, 3.63) is 24.3 Å². The van der Waals surface area contributed by atoms with Gasteiger partial charge in [-0.2, -0.15) is 0 Å². The van der Waals surface area contributed by atoms with Crippen LogP contribution in [0.15, 0.2) is 24.3 Å². The van der Waals surface area contributed by atoms with Gasteiger partial charge >= 0.3 is 5.97 Å². The molecule has 1 saturated carbocycles. The van der Waals surface area contributed by atoms with Gasteiger partial charge in [0.25, 0.3) is 0 Å². The van der Waals surface area contributed by atoms with Crippen LogP contribution in [0.2, 0.25) is 0 Å². The molecule has 2 saturated heterocycles. The van der Waals surface area contributed by atoms with Crippen LogP contribution in [0.25, 0.3) is 0 Å². The number of esters is 1. The molecule has 134 valence electrons. The molecule has 3 fully saturated rings. The summed E-state index contributed by atoms with van der Waals surface area (Å²) in [4.78, 5) is 26.4. The van der Waals surface area contributed by atoms with Crippen LogP contribution >= 0.6 is 0 Å². The second-order valence-corrected chi connectivity index (χ2v) is 7.16. The van der Waals surface area contributed by atoms with Crippen LogP contribution in [0, 0.1) is 5.92 Å². The number of hydrogen-bond acceptors (Lipinski definition) is 5. The van der Waals surface area contributed by atoms with Gasteiger partial charge in [0.15, 0.2) is 0 Å². The van der Waals surface area contributed by atoms with E-state index in [1.165, 1.54) is 0 Å². The maximum atomic E-state index is 12.9. The molecule has 0 aromatic heterocycles. The third kappa shape index (κ3) is 2.94. The maximum Gasteiger partial charge on any atom is 0.307 e. The predicted octanol–water partition coefficient (Wildman–Crippen LogP) is 2.16. The number of methoxy groups -OCH3 is 1. The van der Waals surface area contributed by atoms with Gasteiger partial charge in [0, 0.05) is 6.07 Å². The normalized spacial score (nSPS) is 24.9. The number of carbonyl (C=O) groups is 2. The molecule has 6 heteroatoms. The second kappa shape index (κ2) is 6.24. The van der Waals surface area contributed by atoms with Crippen molar-refractivity contribution in [2.24, 2.45) is 5.92 Å². The van der Waals surface area contributed by atoms with E-state index in [2.05, 4.69) is 0 Å². The molecule has 4 rings (SSSR count). The fourth-order valence-corrected chi connectivity index (χ4v) is 4.21. The number of likely N-dealkylation sites (tertiary alicyclic amines) is 1. The second-order valence-electron chi connectivity index (χ2n) is 7.16. The first kappa shape index (κ1) is 16.2. The monoisotopic (exact) mass is 345 g/mol. The molecule has 1 aromatic carbocycles. The first-order chi connectivity index (χ1) is 12.1. The molecule has 1 spiro atoms. The molecule has 6 nitrogen and oxygen atoms in total. The van der Waals surface area contributed by atoms with E-state index in [0.29, 0.717) is 13.1 Å². The van der Waals surface area contributed by atoms with Gasteiger partial charge in [-0.05, 0) is 37.8 Å². The molecule has 2 heterocycles. The van der Waals surface area contributed by atoms with Crippen LogP contribution in [0.1, 0.15) is 32.1 Å². The number of benzene rings is 1. The van der Waals surface area contributed by atoms with Gasteiger partial charge in [-0.15, -0.1) is 0 Å². The predicted molar refractivity (Wildman–Crippen MR) is 89.4 cm³/mol. The number of nitrogens with zero attached hydrogens (tertiary/aromatic N) is 1. The molecule has 1 atom stereocenters. The minimum absolute atomic E-state index is 0.0198. The van der Waals surface area contributed by atoms with Gasteiger partial charge in [-0.3, -0.25) is 9.59 Å². The maximum absolute atomic E-state index is 12.9. The lowest BCUT2D eigenvalue weighted by Crippen LogP contribution is -2.59. The van der Waals surface area contributed by atoms with Crippen LogP contribution in [0.4, 0.5) is 0 Å². The van der Waals surface area contributed by atoms with E-state index < -0.39 is 5.60 Å². The fraction of sp³-hybridized carbons (Fsp3) is 0.579. The zero-order chi connectivity index (χ0) is 17.4. The van der Waals surface area contributed by atoms with E-state index >= 15 is 0 Å². The van der Waals surface area contributed by atoms with Crippen molar-refractivity contribution in [2.45, 2.75) is 43.8 Å². The summed E-state index contributed by atoms with van der Waals surface area (Å²) in [6.07, 6.45) is 3.88. The molecular weight excluding hydrogens is 322 g/mol. The molecular formula is C19H23NO5. The van der Waals surface area contributed by atoms with Crippen molar-refractivity contribution in [3.8, 4) is 11.5 Å². The van der Waals surface area contributed by atoms with Crippen molar-refractivity contribution in [1.29, 1.82) is 0 Å². The highest BCUT2D eigenvalue weighted by atomic mass is 16.6. The Kier molecular flexibility index (Phi) is 4.06. The lowest BCUT2D eigenvalue weighted by Gasteiger charge is -2.42. The van der Waals surface area contributed by atoms with Crippen molar-refractivity contribution in [2.75, 3.05) is 20.2 Å². The van der Waals surface area contributed by atoms with Crippen molar-refractivity contribution >= 4 is 11.9 Å². The number of amides is 1. The van der Waals surface area contributed by atoms with Crippen LogP contribution in [-0.4, -0.2) is 48.7 Å². The molecule has 1 aliphatic carbocycles. The van der Waals surface area contributed by atoms with Gasteiger partial charge in [0.1, 0.15) is 23.2 Å². The Morgan fingerprint density at radius 1 is 1.24 bits per heavy atom. The highest BCUT2D eigenvalue weighted by Gasteiger charge is 2.55. The third-order valence-corrected chi connectivity index (χ3v) is 5.57. The Labute approximate surface area is 147 Å². The Morgan fingerprint density at radius 2 is 1.96 bits per heavy atom. The first-order valence-corrected chi connectivity index (χ1v) is 8.91. The Morgan fingerprint density at radius 3 is 2.68 bits per heavy atom. The van der Waals surface area contributed by atoms with E-state index in [1.807, 2.05) is 24.3 Å². The highest BCUT2D eigenvalue weighted by molar-refractivity contribution is 5.88.